The predicted octanol–water partition coefficient (Wildman–Crippen LogP) is 3.71. The van der Waals surface area contributed by atoms with Crippen LogP contribution in [0.3, 0.4) is 0 Å². The van der Waals surface area contributed by atoms with Crippen LogP contribution in [0.2, 0.25) is 0 Å². The minimum Gasteiger partial charge on any atom is -0.345 e. The lowest BCUT2D eigenvalue weighted by Gasteiger charge is -2.16. The van der Waals surface area contributed by atoms with Gasteiger partial charge in [0.15, 0.2) is 5.65 Å². The number of nitrogens with one attached hydrogen (secondary N) is 2. The van der Waals surface area contributed by atoms with Gasteiger partial charge in [0.2, 0.25) is 5.91 Å². The quantitative estimate of drug-likeness (QED) is 0.360. The van der Waals surface area contributed by atoms with Gasteiger partial charge < -0.3 is 10.6 Å². The smallest absolute Gasteiger partial charge is 0.264 e. The Morgan fingerprint density at radius 3 is 2.35 bits per heavy atom. The molecule has 0 aliphatic carbocycles. The van der Waals surface area contributed by atoms with Crippen LogP contribution in [-0.2, 0) is 11.3 Å². The van der Waals surface area contributed by atoms with Crippen LogP contribution in [0, 0.1) is 0 Å². The SMILES string of the molecule is CC(NC(=O)c1ccccc1NC(=O)Cn1cnc2c(cnn2-c2ccccc2)c1=O)c1ccccc1. The summed E-state index contributed by atoms with van der Waals surface area (Å²) in [5.74, 6) is -0.782. The van der Waals surface area contributed by atoms with Crippen LogP contribution in [0.25, 0.3) is 16.7 Å². The number of para-hydroxylation sites is 2. The fraction of sp³-hybridized carbons (Fsp3) is 0.107. The Kier molecular flexibility index (Phi) is 6.58. The summed E-state index contributed by atoms with van der Waals surface area (Å²) in [6.45, 7) is 1.62. The Morgan fingerprint density at radius 2 is 1.59 bits per heavy atom. The van der Waals surface area contributed by atoms with E-state index in [9.17, 15) is 14.4 Å². The molecule has 9 heteroatoms. The maximum Gasteiger partial charge on any atom is 0.264 e. The second kappa shape index (κ2) is 10.3. The molecule has 1 unspecified atom stereocenters. The van der Waals surface area contributed by atoms with Gasteiger partial charge in [0.1, 0.15) is 18.3 Å². The first-order valence-corrected chi connectivity index (χ1v) is 11.7. The van der Waals surface area contributed by atoms with Crippen molar-refractivity contribution >= 4 is 28.5 Å². The third kappa shape index (κ3) is 5.01. The molecule has 5 aromatic rings. The van der Waals surface area contributed by atoms with Crippen molar-refractivity contribution in [3.63, 3.8) is 0 Å². The summed E-state index contributed by atoms with van der Waals surface area (Å²) in [5, 5.41) is 10.3. The predicted molar refractivity (Wildman–Crippen MR) is 141 cm³/mol. The van der Waals surface area contributed by atoms with Gasteiger partial charge in [-0.15, -0.1) is 0 Å². The zero-order chi connectivity index (χ0) is 25.8. The molecular formula is C28H24N6O3. The molecule has 0 aliphatic rings. The normalized spacial score (nSPS) is 11.7. The minimum atomic E-state index is -0.463. The second-order valence-electron chi connectivity index (χ2n) is 8.51. The van der Waals surface area contributed by atoms with E-state index in [0.717, 1.165) is 11.3 Å². The van der Waals surface area contributed by atoms with Crippen molar-refractivity contribution in [3.8, 4) is 5.69 Å². The number of fused-ring (bicyclic) bond motifs is 1. The highest BCUT2D eigenvalue weighted by Crippen LogP contribution is 2.18. The Bertz CT molecular complexity index is 1630. The average Bonchev–Trinajstić information content (AvgIpc) is 3.36. The lowest BCUT2D eigenvalue weighted by atomic mass is 10.1. The van der Waals surface area contributed by atoms with E-state index in [4.69, 9.17) is 0 Å². The highest BCUT2D eigenvalue weighted by molar-refractivity contribution is 6.03. The second-order valence-corrected chi connectivity index (χ2v) is 8.51. The molecule has 2 heterocycles. The number of hydrogen-bond donors (Lipinski definition) is 2. The summed E-state index contributed by atoms with van der Waals surface area (Å²) in [5.41, 5.74) is 2.44. The first-order valence-electron chi connectivity index (χ1n) is 11.7. The van der Waals surface area contributed by atoms with Crippen molar-refractivity contribution in [3.05, 3.63) is 119 Å². The summed E-state index contributed by atoms with van der Waals surface area (Å²) >= 11 is 0. The van der Waals surface area contributed by atoms with Gasteiger partial charge in [-0.25, -0.2) is 9.67 Å². The van der Waals surface area contributed by atoms with Crippen LogP contribution < -0.4 is 16.2 Å². The summed E-state index contributed by atoms with van der Waals surface area (Å²) in [4.78, 5) is 43.2. The lowest BCUT2D eigenvalue weighted by Crippen LogP contribution is -2.30. The van der Waals surface area contributed by atoms with Crippen molar-refractivity contribution < 1.29 is 9.59 Å². The van der Waals surface area contributed by atoms with Gasteiger partial charge >= 0.3 is 0 Å². The zero-order valence-electron chi connectivity index (χ0n) is 20.0. The average molecular weight is 493 g/mol. The van der Waals surface area contributed by atoms with Gasteiger partial charge in [-0.3, -0.25) is 19.0 Å². The zero-order valence-corrected chi connectivity index (χ0v) is 20.0. The fourth-order valence-electron chi connectivity index (χ4n) is 4.05. The Balaban J connectivity index is 1.32. The number of benzene rings is 3. The topological polar surface area (TPSA) is 111 Å². The Morgan fingerprint density at radius 1 is 0.919 bits per heavy atom. The van der Waals surface area contributed by atoms with E-state index in [1.54, 1.807) is 28.9 Å². The van der Waals surface area contributed by atoms with Gasteiger partial charge in [-0.05, 0) is 36.8 Å². The molecule has 5 rings (SSSR count). The number of anilines is 1. The van der Waals surface area contributed by atoms with Gasteiger partial charge in [0.25, 0.3) is 11.5 Å². The molecule has 0 fully saturated rings. The largest absolute Gasteiger partial charge is 0.345 e. The maximum absolute atomic E-state index is 13.0. The summed E-state index contributed by atoms with van der Waals surface area (Å²) in [6, 6.07) is 25.5. The fourth-order valence-corrected chi connectivity index (χ4v) is 4.05. The Labute approximate surface area is 212 Å². The number of aromatic nitrogens is 4. The molecular weight excluding hydrogens is 468 g/mol. The van der Waals surface area contributed by atoms with Crippen LogP contribution in [0.4, 0.5) is 5.69 Å². The molecule has 3 aromatic carbocycles. The van der Waals surface area contributed by atoms with E-state index in [1.807, 2.05) is 67.6 Å². The highest BCUT2D eigenvalue weighted by atomic mass is 16.2. The van der Waals surface area contributed by atoms with E-state index in [2.05, 4.69) is 20.7 Å². The van der Waals surface area contributed by atoms with E-state index in [0.29, 0.717) is 22.3 Å². The van der Waals surface area contributed by atoms with Gasteiger partial charge in [0, 0.05) is 0 Å². The summed E-state index contributed by atoms with van der Waals surface area (Å²) < 4.78 is 2.79. The van der Waals surface area contributed by atoms with Gasteiger partial charge in [0.05, 0.1) is 29.2 Å². The number of amides is 2. The number of carbonyl (C=O) groups excluding carboxylic acids is 2. The van der Waals surface area contributed by atoms with Crippen LogP contribution in [0.5, 0.6) is 0 Å². The van der Waals surface area contributed by atoms with Crippen molar-refractivity contribution in [1.82, 2.24) is 24.6 Å². The van der Waals surface area contributed by atoms with Crippen LogP contribution in [-0.4, -0.2) is 31.1 Å². The Hall–Kier alpha value is -5.05. The molecule has 0 aliphatic heterocycles. The van der Waals surface area contributed by atoms with E-state index in [1.165, 1.54) is 17.1 Å². The molecule has 2 N–H and O–H groups in total. The number of carbonyl (C=O) groups is 2. The third-order valence-corrected chi connectivity index (χ3v) is 5.96. The monoisotopic (exact) mass is 492 g/mol. The number of hydrogen-bond acceptors (Lipinski definition) is 5. The van der Waals surface area contributed by atoms with E-state index >= 15 is 0 Å². The van der Waals surface area contributed by atoms with Gasteiger partial charge in [-0.2, -0.15) is 5.10 Å². The lowest BCUT2D eigenvalue weighted by molar-refractivity contribution is -0.116. The van der Waals surface area contributed by atoms with Crippen molar-refractivity contribution in [2.45, 2.75) is 19.5 Å². The van der Waals surface area contributed by atoms with Crippen molar-refractivity contribution in [2.75, 3.05) is 5.32 Å². The number of nitrogens with zero attached hydrogens (tertiary/aromatic N) is 4. The maximum atomic E-state index is 13.0. The molecule has 1 atom stereocenters. The van der Waals surface area contributed by atoms with Crippen molar-refractivity contribution in [1.29, 1.82) is 0 Å². The highest BCUT2D eigenvalue weighted by Gasteiger charge is 2.17. The first-order chi connectivity index (χ1) is 18.0. The number of rotatable bonds is 7. The van der Waals surface area contributed by atoms with Crippen LogP contribution in [0.1, 0.15) is 28.9 Å². The van der Waals surface area contributed by atoms with Crippen LogP contribution in [0.15, 0.2) is 102 Å². The summed E-state index contributed by atoms with van der Waals surface area (Å²) in [7, 11) is 0. The molecule has 2 amide bonds. The van der Waals surface area contributed by atoms with E-state index in [-0.39, 0.29) is 24.1 Å². The van der Waals surface area contributed by atoms with Crippen molar-refractivity contribution in [2.24, 2.45) is 0 Å². The molecule has 0 radical (unpaired) electrons. The van der Waals surface area contributed by atoms with E-state index < -0.39 is 5.91 Å². The molecule has 0 saturated carbocycles. The summed E-state index contributed by atoms with van der Waals surface area (Å²) in [6.07, 6.45) is 2.77. The third-order valence-electron chi connectivity index (χ3n) is 5.96. The molecule has 184 valence electrons. The molecule has 0 bridgehead atoms. The molecule has 0 spiro atoms. The standard InChI is InChI=1S/C28H24N6O3/c1-19(20-10-4-2-5-11-20)31-27(36)22-14-8-9-15-24(22)32-25(35)17-33-18-29-26-23(28(33)37)16-30-34(26)21-12-6-3-7-13-21/h2-16,18-19H,17H2,1H3,(H,31,36)(H,32,35). The van der Waals surface area contributed by atoms with Gasteiger partial charge in [-0.1, -0.05) is 60.7 Å². The minimum absolute atomic E-state index is 0.217. The molecule has 0 saturated heterocycles. The molecule has 9 nitrogen and oxygen atoms in total. The van der Waals surface area contributed by atoms with Crippen LogP contribution >= 0.6 is 0 Å². The first kappa shape index (κ1) is 23.7. The molecule has 37 heavy (non-hydrogen) atoms. The molecule has 2 aromatic heterocycles.